The average molecular weight is 306 g/mol. The molecule has 2 N–H and O–H groups in total. The zero-order chi connectivity index (χ0) is 16.6. The van der Waals surface area contributed by atoms with E-state index in [1.807, 2.05) is 18.2 Å². The van der Waals surface area contributed by atoms with Gasteiger partial charge in [0.1, 0.15) is 0 Å². The van der Waals surface area contributed by atoms with Crippen molar-refractivity contribution in [3.05, 3.63) is 35.9 Å². The molecule has 0 bridgehead atoms. The molecule has 0 saturated heterocycles. The van der Waals surface area contributed by atoms with Gasteiger partial charge in [-0.05, 0) is 11.0 Å². The summed E-state index contributed by atoms with van der Waals surface area (Å²) < 4.78 is 4.53. The predicted octanol–water partition coefficient (Wildman–Crippen LogP) is 2.04. The molecule has 0 radical (unpaired) electrons. The lowest BCUT2D eigenvalue weighted by atomic mass is 9.82. The van der Waals surface area contributed by atoms with Crippen molar-refractivity contribution in [2.75, 3.05) is 20.2 Å². The minimum Gasteiger partial charge on any atom is -0.469 e. The van der Waals surface area contributed by atoms with Gasteiger partial charge in [0, 0.05) is 12.6 Å². The number of methoxy groups -OCH3 is 1. The largest absolute Gasteiger partial charge is 0.469 e. The minimum atomic E-state index is -0.329. The lowest BCUT2D eigenvalue weighted by molar-refractivity contribution is -0.140. The molecule has 0 fully saturated rings. The smallest absolute Gasteiger partial charge is 0.307 e. The predicted molar refractivity (Wildman–Crippen MR) is 86.3 cm³/mol. The first kappa shape index (κ1) is 18.2. The minimum absolute atomic E-state index is 0.0202. The molecule has 0 aliphatic carbocycles. The van der Waals surface area contributed by atoms with Crippen LogP contribution in [-0.4, -0.2) is 32.1 Å². The highest BCUT2D eigenvalue weighted by molar-refractivity contribution is 5.78. The lowest BCUT2D eigenvalue weighted by Crippen LogP contribution is -2.40. The second kappa shape index (κ2) is 8.54. The van der Waals surface area contributed by atoms with Crippen LogP contribution in [0.2, 0.25) is 0 Å². The van der Waals surface area contributed by atoms with E-state index >= 15 is 0 Å². The molecular formula is C17H26N2O3. The van der Waals surface area contributed by atoms with E-state index in [4.69, 9.17) is 0 Å². The van der Waals surface area contributed by atoms with Crippen LogP contribution < -0.4 is 10.6 Å². The van der Waals surface area contributed by atoms with Crippen molar-refractivity contribution in [1.29, 1.82) is 0 Å². The van der Waals surface area contributed by atoms with Gasteiger partial charge in [0.15, 0.2) is 0 Å². The number of amides is 1. The normalized spacial score (nSPS) is 12.5. The Hall–Kier alpha value is -1.88. The van der Waals surface area contributed by atoms with E-state index in [0.717, 1.165) is 5.56 Å². The highest BCUT2D eigenvalue weighted by Crippen LogP contribution is 2.32. The monoisotopic (exact) mass is 306 g/mol. The third-order valence-electron chi connectivity index (χ3n) is 3.34. The lowest BCUT2D eigenvalue weighted by Gasteiger charge is -2.32. The van der Waals surface area contributed by atoms with Gasteiger partial charge in [-0.1, -0.05) is 51.1 Å². The first-order chi connectivity index (χ1) is 10.3. The van der Waals surface area contributed by atoms with Crippen LogP contribution in [0.3, 0.4) is 0 Å². The molecule has 122 valence electrons. The summed E-state index contributed by atoms with van der Waals surface area (Å²) in [6.45, 7) is 6.89. The van der Waals surface area contributed by atoms with Gasteiger partial charge < -0.3 is 15.4 Å². The highest BCUT2D eigenvalue weighted by Gasteiger charge is 2.26. The molecule has 0 aliphatic rings. The molecule has 0 aliphatic heterocycles. The maximum absolute atomic E-state index is 11.8. The SMILES string of the molecule is COC(=O)CCNC(=O)CNC(c1ccccc1)C(C)(C)C. The number of esters is 1. The summed E-state index contributed by atoms with van der Waals surface area (Å²) in [4.78, 5) is 22.8. The van der Waals surface area contributed by atoms with E-state index in [2.05, 4.69) is 48.3 Å². The van der Waals surface area contributed by atoms with Gasteiger partial charge in [0.2, 0.25) is 5.91 Å². The molecule has 1 aromatic carbocycles. The van der Waals surface area contributed by atoms with E-state index in [1.54, 1.807) is 0 Å². The van der Waals surface area contributed by atoms with Crippen LogP contribution in [0, 0.1) is 5.41 Å². The van der Waals surface area contributed by atoms with Crippen LogP contribution in [0.5, 0.6) is 0 Å². The number of ether oxygens (including phenoxy) is 1. The van der Waals surface area contributed by atoms with E-state index < -0.39 is 0 Å². The summed E-state index contributed by atoms with van der Waals surface area (Å²) in [6.07, 6.45) is 0.184. The first-order valence-corrected chi connectivity index (χ1v) is 7.46. The number of hydrogen-bond acceptors (Lipinski definition) is 4. The second-order valence-electron chi connectivity index (χ2n) is 6.27. The number of rotatable bonds is 7. The van der Waals surface area contributed by atoms with Crippen molar-refractivity contribution < 1.29 is 14.3 Å². The number of benzene rings is 1. The standard InChI is InChI=1S/C17H26N2O3/c1-17(2,3)16(13-8-6-5-7-9-13)19-12-14(20)18-11-10-15(21)22-4/h5-9,16,19H,10-12H2,1-4H3,(H,18,20). The van der Waals surface area contributed by atoms with Gasteiger partial charge in [-0.25, -0.2) is 0 Å². The molecule has 1 rings (SSSR count). The number of hydrogen-bond donors (Lipinski definition) is 2. The molecule has 22 heavy (non-hydrogen) atoms. The van der Waals surface area contributed by atoms with Crippen LogP contribution in [0.25, 0.3) is 0 Å². The van der Waals surface area contributed by atoms with Gasteiger partial charge in [0.05, 0.1) is 20.1 Å². The number of carbonyl (C=O) groups is 2. The quantitative estimate of drug-likeness (QED) is 0.757. The number of carbonyl (C=O) groups excluding carboxylic acids is 2. The number of nitrogens with one attached hydrogen (secondary N) is 2. The fraction of sp³-hybridized carbons (Fsp3) is 0.529. The Morgan fingerprint density at radius 3 is 2.36 bits per heavy atom. The summed E-state index contributed by atoms with van der Waals surface area (Å²) in [5.41, 5.74) is 1.13. The third-order valence-corrected chi connectivity index (χ3v) is 3.34. The summed E-state index contributed by atoms with van der Waals surface area (Å²) in [5, 5.41) is 6.00. The summed E-state index contributed by atoms with van der Waals surface area (Å²) in [6, 6.07) is 10.1. The topological polar surface area (TPSA) is 67.4 Å². The maximum atomic E-state index is 11.8. The first-order valence-electron chi connectivity index (χ1n) is 7.46. The molecular weight excluding hydrogens is 280 g/mol. The van der Waals surface area contributed by atoms with Gasteiger partial charge in [-0.2, -0.15) is 0 Å². The molecule has 0 spiro atoms. The average Bonchev–Trinajstić information content (AvgIpc) is 2.47. The molecule has 5 nitrogen and oxygen atoms in total. The molecule has 1 unspecified atom stereocenters. The Bertz CT molecular complexity index is 480. The highest BCUT2D eigenvalue weighted by atomic mass is 16.5. The van der Waals surface area contributed by atoms with Crippen molar-refractivity contribution in [3.63, 3.8) is 0 Å². The van der Waals surface area contributed by atoms with Crippen molar-refractivity contribution in [3.8, 4) is 0 Å². The van der Waals surface area contributed by atoms with Gasteiger partial charge in [0.25, 0.3) is 0 Å². The summed E-state index contributed by atoms with van der Waals surface area (Å²) in [7, 11) is 1.33. The molecule has 1 amide bonds. The van der Waals surface area contributed by atoms with Crippen LogP contribution in [0.15, 0.2) is 30.3 Å². The van der Waals surface area contributed by atoms with E-state index in [9.17, 15) is 9.59 Å². The Balaban J connectivity index is 2.51. The van der Waals surface area contributed by atoms with E-state index in [-0.39, 0.29) is 36.3 Å². The molecule has 5 heteroatoms. The molecule has 0 saturated carbocycles. The molecule has 0 aromatic heterocycles. The zero-order valence-corrected chi connectivity index (χ0v) is 13.8. The fourth-order valence-electron chi connectivity index (χ4n) is 2.23. The Morgan fingerprint density at radius 2 is 1.82 bits per heavy atom. The van der Waals surface area contributed by atoms with Gasteiger partial charge >= 0.3 is 5.97 Å². The van der Waals surface area contributed by atoms with Crippen molar-refractivity contribution in [1.82, 2.24) is 10.6 Å². The zero-order valence-electron chi connectivity index (χ0n) is 13.8. The fourth-order valence-corrected chi connectivity index (χ4v) is 2.23. The summed E-state index contributed by atoms with van der Waals surface area (Å²) >= 11 is 0. The van der Waals surface area contributed by atoms with Crippen LogP contribution in [0.1, 0.15) is 38.8 Å². The summed E-state index contributed by atoms with van der Waals surface area (Å²) in [5.74, 6) is -0.459. The van der Waals surface area contributed by atoms with Gasteiger partial charge in [-0.15, -0.1) is 0 Å². The van der Waals surface area contributed by atoms with Gasteiger partial charge in [-0.3, -0.25) is 9.59 Å². The molecule has 1 aromatic rings. The van der Waals surface area contributed by atoms with Crippen molar-refractivity contribution in [2.24, 2.45) is 5.41 Å². The van der Waals surface area contributed by atoms with Crippen LogP contribution in [0.4, 0.5) is 0 Å². The van der Waals surface area contributed by atoms with Crippen molar-refractivity contribution >= 4 is 11.9 Å². The third kappa shape index (κ3) is 6.26. The van der Waals surface area contributed by atoms with Crippen LogP contribution >= 0.6 is 0 Å². The maximum Gasteiger partial charge on any atom is 0.307 e. The second-order valence-corrected chi connectivity index (χ2v) is 6.27. The van der Waals surface area contributed by atoms with Crippen LogP contribution in [-0.2, 0) is 14.3 Å². The van der Waals surface area contributed by atoms with E-state index in [1.165, 1.54) is 7.11 Å². The Labute approximate surface area is 132 Å². The van der Waals surface area contributed by atoms with E-state index in [0.29, 0.717) is 6.54 Å². The Kier molecular flexibility index (Phi) is 7.05. The Morgan fingerprint density at radius 1 is 1.18 bits per heavy atom. The van der Waals surface area contributed by atoms with Crippen molar-refractivity contribution in [2.45, 2.75) is 33.2 Å². The molecule has 1 atom stereocenters. The molecule has 0 heterocycles.